The fourth-order valence-corrected chi connectivity index (χ4v) is 3.97. The van der Waals surface area contributed by atoms with Crippen molar-refractivity contribution in [3.63, 3.8) is 0 Å². The number of esters is 1. The first-order valence-corrected chi connectivity index (χ1v) is 11.6. The molecule has 9 nitrogen and oxygen atoms in total. The van der Waals surface area contributed by atoms with Crippen LogP contribution in [0.4, 0.5) is 4.79 Å². The van der Waals surface area contributed by atoms with Crippen LogP contribution in [-0.4, -0.2) is 58.8 Å². The zero-order chi connectivity index (χ0) is 24.1. The molecule has 2 aromatic rings. The average Bonchev–Trinajstić information content (AvgIpc) is 2.84. The minimum atomic E-state index is -1.34. The predicted molar refractivity (Wildman–Crippen MR) is 122 cm³/mol. The highest BCUT2D eigenvalue weighted by Gasteiger charge is 2.24. The van der Waals surface area contributed by atoms with Crippen molar-refractivity contribution in [2.75, 3.05) is 19.4 Å². The Morgan fingerprint density at radius 2 is 1.67 bits per heavy atom. The van der Waals surface area contributed by atoms with E-state index in [9.17, 15) is 23.7 Å². The minimum absolute atomic E-state index is 0.0778. The van der Waals surface area contributed by atoms with Gasteiger partial charge in [0.15, 0.2) is 0 Å². The van der Waals surface area contributed by atoms with Crippen LogP contribution in [-0.2, 0) is 36.5 Å². The van der Waals surface area contributed by atoms with Gasteiger partial charge in [-0.05, 0) is 24.1 Å². The molecule has 0 heterocycles. The van der Waals surface area contributed by atoms with Crippen molar-refractivity contribution in [2.24, 2.45) is 0 Å². The van der Waals surface area contributed by atoms with E-state index >= 15 is 0 Å². The standard InChI is InChI=1S/C23H28N2O7S/c1-31-22(28)20(12-13-33(30)19-10-6-3-7-11-19)25-21(27)14-18(26)15-24-23(29)32-16-17-8-4-2-5-9-17/h2-11,18,20,26H,12-16H2,1H3,(H,24,29)(H,25,27)/t18-,20-,33-/m1/s1. The first-order chi connectivity index (χ1) is 15.9. The Balaban J connectivity index is 1.74. The van der Waals surface area contributed by atoms with Gasteiger partial charge in [-0.1, -0.05) is 48.5 Å². The molecule has 0 aromatic heterocycles. The molecule has 2 rings (SSSR count). The van der Waals surface area contributed by atoms with Crippen LogP contribution in [0.5, 0.6) is 0 Å². The molecule has 0 bridgehead atoms. The van der Waals surface area contributed by atoms with Gasteiger partial charge in [-0.15, -0.1) is 0 Å². The van der Waals surface area contributed by atoms with Gasteiger partial charge in [0.1, 0.15) is 12.6 Å². The second-order valence-corrected chi connectivity index (χ2v) is 8.67. The van der Waals surface area contributed by atoms with E-state index in [0.717, 1.165) is 5.56 Å². The fraction of sp³-hybridized carbons (Fsp3) is 0.348. The van der Waals surface area contributed by atoms with Gasteiger partial charge < -0.3 is 25.2 Å². The molecule has 10 heteroatoms. The number of amides is 2. The summed E-state index contributed by atoms with van der Waals surface area (Å²) >= 11 is 0. The molecule has 33 heavy (non-hydrogen) atoms. The van der Waals surface area contributed by atoms with Gasteiger partial charge in [0.25, 0.3) is 0 Å². The Morgan fingerprint density at radius 3 is 2.30 bits per heavy atom. The highest BCUT2D eigenvalue weighted by Crippen LogP contribution is 2.09. The quantitative estimate of drug-likeness (QED) is 0.396. The summed E-state index contributed by atoms with van der Waals surface area (Å²) in [5.74, 6) is -1.14. The lowest BCUT2D eigenvalue weighted by Gasteiger charge is -2.18. The number of nitrogens with one attached hydrogen (secondary N) is 2. The van der Waals surface area contributed by atoms with E-state index in [2.05, 4.69) is 10.6 Å². The Kier molecular flexibility index (Phi) is 11.1. The van der Waals surface area contributed by atoms with E-state index in [1.807, 2.05) is 18.2 Å². The second kappa shape index (κ2) is 14.0. The van der Waals surface area contributed by atoms with E-state index in [1.165, 1.54) is 7.11 Å². The third kappa shape index (κ3) is 9.84. The van der Waals surface area contributed by atoms with Gasteiger partial charge in [0, 0.05) is 17.2 Å². The van der Waals surface area contributed by atoms with E-state index in [0.29, 0.717) is 4.90 Å². The first-order valence-electron chi connectivity index (χ1n) is 10.3. The second-order valence-electron chi connectivity index (χ2n) is 7.10. The number of hydrogen-bond acceptors (Lipinski definition) is 7. The molecule has 0 saturated carbocycles. The van der Waals surface area contributed by atoms with Crippen molar-refractivity contribution < 1.29 is 33.2 Å². The van der Waals surface area contributed by atoms with E-state index < -0.39 is 40.9 Å². The maximum atomic E-state index is 12.4. The van der Waals surface area contributed by atoms with Crippen molar-refractivity contribution >= 4 is 28.8 Å². The lowest BCUT2D eigenvalue weighted by molar-refractivity contribution is -0.145. The molecule has 3 N–H and O–H groups in total. The predicted octanol–water partition coefficient (Wildman–Crippen LogP) is 1.52. The summed E-state index contributed by atoms with van der Waals surface area (Å²) in [5.41, 5.74) is 0.814. The van der Waals surface area contributed by atoms with Crippen LogP contribution in [0.25, 0.3) is 0 Å². The van der Waals surface area contributed by atoms with Crippen LogP contribution < -0.4 is 10.6 Å². The van der Waals surface area contributed by atoms with Crippen LogP contribution in [0.3, 0.4) is 0 Å². The Hall–Kier alpha value is -3.24. The van der Waals surface area contributed by atoms with Crippen LogP contribution in [0.15, 0.2) is 65.6 Å². The molecule has 3 atom stereocenters. The lowest BCUT2D eigenvalue weighted by atomic mass is 10.2. The number of carbonyl (C=O) groups excluding carboxylic acids is 3. The number of alkyl carbamates (subject to hydrolysis) is 1. The first kappa shape index (κ1) is 26.0. The molecule has 0 fully saturated rings. The molecule has 0 saturated heterocycles. The normalized spacial score (nSPS) is 13.3. The van der Waals surface area contributed by atoms with E-state index in [4.69, 9.17) is 9.47 Å². The largest absolute Gasteiger partial charge is 0.467 e. The van der Waals surface area contributed by atoms with E-state index in [-0.39, 0.29) is 31.7 Å². The summed E-state index contributed by atoms with van der Waals surface area (Å²) in [6, 6.07) is 16.9. The minimum Gasteiger partial charge on any atom is -0.467 e. The third-order valence-electron chi connectivity index (χ3n) is 4.53. The summed E-state index contributed by atoms with van der Waals surface area (Å²) in [7, 11) is -0.152. The van der Waals surface area contributed by atoms with Crippen molar-refractivity contribution in [3.8, 4) is 0 Å². The van der Waals surface area contributed by atoms with Gasteiger partial charge in [0.05, 0.1) is 30.4 Å². The van der Waals surface area contributed by atoms with Crippen LogP contribution in [0, 0.1) is 0 Å². The molecule has 0 unspecified atom stereocenters. The molecular weight excluding hydrogens is 448 g/mol. The number of aliphatic hydroxyl groups excluding tert-OH is 1. The summed E-state index contributed by atoms with van der Waals surface area (Å²) in [5, 5.41) is 14.9. The molecule has 2 amide bonds. The molecule has 178 valence electrons. The highest BCUT2D eigenvalue weighted by atomic mass is 32.2. The molecule has 0 spiro atoms. The van der Waals surface area contributed by atoms with Crippen LogP contribution >= 0.6 is 0 Å². The van der Waals surface area contributed by atoms with Gasteiger partial charge in [-0.25, -0.2) is 9.59 Å². The number of ether oxygens (including phenoxy) is 2. The number of aliphatic hydroxyl groups is 1. The molecule has 2 aromatic carbocycles. The molecule has 0 aliphatic heterocycles. The maximum Gasteiger partial charge on any atom is 0.407 e. The van der Waals surface area contributed by atoms with Crippen molar-refractivity contribution in [2.45, 2.75) is 36.5 Å². The summed E-state index contributed by atoms with van der Waals surface area (Å²) in [6.45, 7) is -0.129. The van der Waals surface area contributed by atoms with Crippen molar-refractivity contribution in [1.29, 1.82) is 0 Å². The van der Waals surface area contributed by atoms with Gasteiger partial charge in [-0.3, -0.25) is 9.00 Å². The average molecular weight is 477 g/mol. The third-order valence-corrected chi connectivity index (χ3v) is 5.94. The fourth-order valence-electron chi connectivity index (χ4n) is 2.82. The molecule has 0 radical (unpaired) electrons. The Labute approximate surface area is 194 Å². The van der Waals surface area contributed by atoms with E-state index in [1.54, 1.807) is 42.5 Å². The Bertz CT molecular complexity index is 925. The topological polar surface area (TPSA) is 131 Å². The monoisotopic (exact) mass is 476 g/mol. The SMILES string of the molecule is COC(=O)[C@@H](CC[S@@](=O)c1ccccc1)NC(=O)C[C@@H](O)CNC(=O)OCc1ccccc1. The number of hydrogen-bond donors (Lipinski definition) is 3. The smallest absolute Gasteiger partial charge is 0.407 e. The van der Waals surface area contributed by atoms with Gasteiger partial charge >= 0.3 is 12.1 Å². The molecule has 0 aliphatic rings. The lowest BCUT2D eigenvalue weighted by Crippen LogP contribution is -2.44. The highest BCUT2D eigenvalue weighted by molar-refractivity contribution is 7.85. The number of methoxy groups -OCH3 is 1. The number of benzene rings is 2. The zero-order valence-electron chi connectivity index (χ0n) is 18.3. The summed E-state index contributed by atoms with van der Waals surface area (Å²) < 4.78 is 22.1. The zero-order valence-corrected chi connectivity index (χ0v) is 19.1. The van der Waals surface area contributed by atoms with Crippen LogP contribution in [0.2, 0.25) is 0 Å². The molecule has 0 aliphatic carbocycles. The number of carbonyl (C=O) groups is 3. The van der Waals surface area contributed by atoms with Crippen molar-refractivity contribution in [3.05, 3.63) is 66.2 Å². The van der Waals surface area contributed by atoms with Gasteiger partial charge in [-0.2, -0.15) is 0 Å². The summed E-state index contributed by atoms with van der Waals surface area (Å²) in [6.07, 6.45) is -2.17. The maximum absolute atomic E-state index is 12.4. The Morgan fingerprint density at radius 1 is 1.03 bits per heavy atom. The van der Waals surface area contributed by atoms with Gasteiger partial charge in [0.2, 0.25) is 5.91 Å². The summed E-state index contributed by atoms with van der Waals surface area (Å²) in [4.78, 5) is 36.6. The molecular formula is C23H28N2O7S. The number of rotatable bonds is 12. The van der Waals surface area contributed by atoms with Crippen LogP contribution in [0.1, 0.15) is 18.4 Å². The van der Waals surface area contributed by atoms with Crippen molar-refractivity contribution in [1.82, 2.24) is 10.6 Å².